The van der Waals surface area contributed by atoms with Crippen LogP contribution in [0, 0.1) is 10.1 Å². The maximum atomic E-state index is 10.8. The summed E-state index contributed by atoms with van der Waals surface area (Å²) in [5.41, 5.74) is 2.48. The summed E-state index contributed by atoms with van der Waals surface area (Å²) < 4.78 is 1.68. The first-order valence-electron chi connectivity index (χ1n) is 5.94. The molecule has 1 aromatic carbocycles. The second-order valence-electron chi connectivity index (χ2n) is 4.19. The van der Waals surface area contributed by atoms with Crippen molar-refractivity contribution in [2.75, 3.05) is 0 Å². The van der Waals surface area contributed by atoms with E-state index in [-0.39, 0.29) is 22.7 Å². The summed E-state index contributed by atoms with van der Waals surface area (Å²) in [5.74, 6) is 0. The zero-order chi connectivity index (χ0) is 13.9. The van der Waals surface area contributed by atoms with Gasteiger partial charge in [-0.05, 0) is 17.7 Å². The lowest BCUT2D eigenvalue weighted by molar-refractivity contribution is -0.384. The van der Waals surface area contributed by atoms with Crippen LogP contribution in [0.4, 0.5) is 5.69 Å². The van der Waals surface area contributed by atoms with E-state index < -0.39 is 4.92 Å². The van der Waals surface area contributed by atoms with Crippen LogP contribution in [0.2, 0.25) is 0 Å². The molecule has 21 heavy (non-hydrogen) atoms. The van der Waals surface area contributed by atoms with E-state index in [0.29, 0.717) is 0 Å². The zero-order valence-electron chi connectivity index (χ0n) is 10.8. The molecule has 106 valence electrons. The number of benzene rings is 1. The van der Waals surface area contributed by atoms with Crippen molar-refractivity contribution < 1.29 is 4.92 Å². The summed E-state index contributed by atoms with van der Waals surface area (Å²) in [6.45, 7) is 0. The molecule has 0 spiro atoms. The highest BCUT2D eigenvalue weighted by molar-refractivity contribution is 8.93. The van der Waals surface area contributed by atoms with E-state index in [1.165, 1.54) is 12.1 Å². The van der Waals surface area contributed by atoms with Gasteiger partial charge in [0.1, 0.15) is 0 Å². The predicted molar refractivity (Wildman–Crippen MR) is 83.8 cm³/mol. The molecule has 2 aromatic heterocycles. The van der Waals surface area contributed by atoms with E-state index in [9.17, 15) is 10.1 Å². The molecule has 2 heterocycles. The van der Waals surface area contributed by atoms with Gasteiger partial charge in [0, 0.05) is 30.1 Å². The van der Waals surface area contributed by atoms with Gasteiger partial charge in [-0.1, -0.05) is 12.1 Å². The Morgan fingerprint density at radius 3 is 2.67 bits per heavy atom. The molecule has 0 radical (unpaired) electrons. The fraction of sp³-hybridized carbons (Fsp3) is 0. The van der Waals surface area contributed by atoms with Crippen molar-refractivity contribution in [3.63, 3.8) is 0 Å². The molecular formula is C14H11BrN4O2. The lowest BCUT2D eigenvalue weighted by Gasteiger charge is -1.99. The standard InChI is InChI=1S/C14H10N4O2.BrH/c19-18(20)13-4-1-3-11(7-13)12-8-16-17(10-12)14-5-2-6-15-9-14;/h1-10H;1H. The van der Waals surface area contributed by atoms with Crippen LogP contribution < -0.4 is 0 Å². The van der Waals surface area contributed by atoms with Crippen molar-refractivity contribution in [3.8, 4) is 16.8 Å². The number of hydrogen-bond acceptors (Lipinski definition) is 4. The number of pyridine rings is 1. The summed E-state index contributed by atoms with van der Waals surface area (Å²) >= 11 is 0. The van der Waals surface area contributed by atoms with Gasteiger partial charge in [-0.25, -0.2) is 4.68 Å². The third-order valence-corrected chi connectivity index (χ3v) is 2.88. The lowest BCUT2D eigenvalue weighted by Crippen LogP contribution is -1.93. The molecule has 0 bridgehead atoms. The Balaban J connectivity index is 0.00000161. The largest absolute Gasteiger partial charge is 0.270 e. The van der Waals surface area contributed by atoms with Crippen LogP contribution in [0.25, 0.3) is 16.8 Å². The fourth-order valence-corrected chi connectivity index (χ4v) is 1.90. The maximum Gasteiger partial charge on any atom is 0.270 e. The van der Waals surface area contributed by atoms with Crippen LogP contribution in [-0.4, -0.2) is 19.7 Å². The summed E-state index contributed by atoms with van der Waals surface area (Å²) in [6, 6.07) is 10.2. The quantitative estimate of drug-likeness (QED) is 0.537. The molecule has 0 aliphatic heterocycles. The van der Waals surface area contributed by atoms with Gasteiger partial charge in [0.2, 0.25) is 0 Å². The zero-order valence-corrected chi connectivity index (χ0v) is 12.5. The second kappa shape index (κ2) is 6.27. The van der Waals surface area contributed by atoms with Gasteiger partial charge in [0.15, 0.2) is 0 Å². The van der Waals surface area contributed by atoms with Gasteiger partial charge in [-0.15, -0.1) is 17.0 Å². The van der Waals surface area contributed by atoms with Gasteiger partial charge in [0.05, 0.1) is 23.0 Å². The van der Waals surface area contributed by atoms with Crippen LogP contribution in [0.1, 0.15) is 0 Å². The molecule has 0 amide bonds. The Hall–Kier alpha value is -2.54. The van der Waals surface area contributed by atoms with E-state index >= 15 is 0 Å². The Bertz CT molecular complexity index is 758. The molecule has 0 aliphatic carbocycles. The minimum Gasteiger partial charge on any atom is -0.262 e. The van der Waals surface area contributed by atoms with E-state index in [0.717, 1.165) is 16.8 Å². The number of nitro groups is 1. The van der Waals surface area contributed by atoms with Crippen molar-refractivity contribution in [2.24, 2.45) is 0 Å². The molecular weight excluding hydrogens is 336 g/mol. The van der Waals surface area contributed by atoms with E-state index in [2.05, 4.69) is 10.1 Å². The molecule has 3 rings (SSSR count). The molecule has 0 aliphatic rings. The first kappa shape index (κ1) is 14.9. The molecule has 0 unspecified atom stereocenters. The Labute approximate surface area is 131 Å². The Morgan fingerprint density at radius 1 is 1.10 bits per heavy atom. The highest BCUT2D eigenvalue weighted by Crippen LogP contribution is 2.24. The molecule has 0 atom stereocenters. The molecule has 6 nitrogen and oxygen atoms in total. The topological polar surface area (TPSA) is 73.8 Å². The van der Waals surface area contributed by atoms with Crippen molar-refractivity contribution in [2.45, 2.75) is 0 Å². The van der Waals surface area contributed by atoms with E-state index in [1.807, 2.05) is 24.4 Å². The van der Waals surface area contributed by atoms with Crippen LogP contribution in [-0.2, 0) is 0 Å². The van der Waals surface area contributed by atoms with Gasteiger partial charge in [-0.3, -0.25) is 15.1 Å². The molecule has 7 heteroatoms. The van der Waals surface area contributed by atoms with Gasteiger partial charge in [-0.2, -0.15) is 5.10 Å². The average molecular weight is 347 g/mol. The molecule has 0 fully saturated rings. The number of nitrogens with zero attached hydrogens (tertiary/aromatic N) is 4. The summed E-state index contributed by atoms with van der Waals surface area (Å²) in [5, 5.41) is 15.0. The Kier molecular flexibility index (Phi) is 4.44. The van der Waals surface area contributed by atoms with Crippen molar-refractivity contribution in [1.29, 1.82) is 0 Å². The van der Waals surface area contributed by atoms with Gasteiger partial charge in [0.25, 0.3) is 5.69 Å². The van der Waals surface area contributed by atoms with Gasteiger partial charge >= 0.3 is 0 Å². The normalized spacial score (nSPS) is 9.90. The SMILES string of the molecule is Br.O=[N+]([O-])c1cccc(-c2cnn(-c3cccnc3)c2)c1. The number of halogens is 1. The summed E-state index contributed by atoms with van der Waals surface area (Å²) in [7, 11) is 0. The van der Waals surface area contributed by atoms with E-state index in [1.54, 1.807) is 29.3 Å². The third kappa shape index (κ3) is 3.14. The van der Waals surface area contributed by atoms with Crippen LogP contribution in [0.5, 0.6) is 0 Å². The van der Waals surface area contributed by atoms with Crippen LogP contribution in [0.3, 0.4) is 0 Å². The first-order valence-corrected chi connectivity index (χ1v) is 5.94. The van der Waals surface area contributed by atoms with Crippen LogP contribution in [0.15, 0.2) is 61.2 Å². The number of hydrogen-bond donors (Lipinski definition) is 0. The van der Waals surface area contributed by atoms with Crippen molar-refractivity contribution in [1.82, 2.24) is 14.8 Å². The minimum atomic E-state index is -0.408. The number of non-ortho nitro benzene ring substituents is 1. The molecule has 0 N–H and O–H groups in total. The van der Waals surface area contributed by atoms with E-state index in [4.69, 9.17) is 0 Å². The Morgan fingerprint density at radius 2 is 1.95 bits per heavy atom. The highest BCUT2D eigenvalue weighted by Gasteiger charge is 2.09. The predicted octanol–water partition coefficient (Wildman–Crippen LogP) is 3.42. The summed E-state index contributed by atoms with van der Waals surface area (Å²) in [6.07, 6.45) is 6.88. The smallest absolute Gasteiger partial charge is 0.262 e. The van der Waals surface area contributed by atoms with Crippen molar-refractivity contribution in [3.05, 3.63) is 71.3 Å². The average Bonchev–Trinajstić information content (AvgIpc) is 2.98. The maximum absolute atomic E-state index is 10.8. The monoisotopic (exact) mass is 346 g/mol. The molecule has 0 saturated carbocycles. The highest BCUT2D eigenvalue weighted by atomic mass is 79.9. The van der Waals surface area contributed by atoms with Crippen molar-refractivity contribution >= 4 is 22.7 Å². The fourth-order valence-electron chi connectivity index (χ4n) is 1.90. The minimum absolute atomic E-state index is 0. The summed E-state index contributed by atoms with van der Waals surface area (Å²) in [4.78, 5) is 14.4. The third-order valence-electron chi connectivity index (χ3n) is 2.88. The second-order valence-corrected chi connectivity index (χ2v) is 4.19. The first-order chi connectivity index (χ1) is 9.74. The molecule has 3 aromatic rings. The number of rotatable bonds is 3. The number of nitro benzene ring substituents is 1. The van der Waals surface area contributed by atoms with Gasteiger partial charge < -0.3 is 0 Å². The number of aromatic nitrogens is 3. The van der Waals surface area contributed by atoms with Crippen LogP contribution >= 0.6 is 17.0 Å². The molecule has 0 saturated heterocycles. The lowest BCUT2D eigenvalue weighted by atomic mass is 10.1.